The molecule has 0 spiro atoms. The van der Waals surface area contributed by atoms with E-state index in [0.29, 0.717) is 17.5 Å². The Labute approximate surface area is 152 Å². The standard InChI is InChI=1S/C19H14FN5S/c20-12-6-2-1-5-11(12)15-9-10-16(26-15)17-23-18(21)24-19-22-13-7-3-4-8-14(13)25(17)19/h1-10,17H,(H3,21,22,23,24)/t17-/m1/s1. The number of anilines is 1. The first-order chi connectivity index (χ1) is 12.7. The molecule has 1 aliphatic heterocycles. The summed E-state index contributed by atoms with van der Waals surface area (Å²) in [6.07, 6.45) is -0.329. The maximum atomic E-state index is 14.1. The van der Waals surface area contributed by atoms with E-state index in [9.17, 15) is 4.39 Å². The molecule has 0 saturated carbocycles. The Balaban J connectivity index is 1.65. The van der Waals surface area contributed by atoms with E-state index < -0.39 is 0 Å². The molecule has 1 atom stereocenters. The number of para-hydroxylation sites is 2. The van der Waals surface area contributed by atoms with E-state index in [1.165, 1.54) is 17.4 Å². The number of guanidine groups is 1. The molecule has 3 heterocycles. The van der Waals surface area contributed by atoms with Crippen molar-refractivity contribution in [3.63, 3.8) is 0 Å². The maximum Gasteiger partial charge on any atom is 0.212 e. The van der Waals surface area contributed by atoms with Crippen molar-refractivity contribution in [2.24, 2.45) is 10.7 Å². The molecule has 5 nitrogen and oxygen atoms in total. The van der Waals surface area contributed by atoms with Crippen molar-refractivity contribution >= 4 is 34.3 Å². The number of imidazole rings is 1. The molecule has 5 rings (SSSR count). The molecule has 7 heteroatoms. The molecular formula is C19H14FN5S. The van der Waals surface area contributed by atoms with Crippen LogP contribution in [0.2, 0.25) is 0 Å². The molecule has 0 radical (unpaired) electrons. The summed E-state index contributed by atoms with van der Waals surface area (Å²) in [6.45, 7) is 0. The highest BCUT2D eigenvalue weighted by molar-refractivity contribution is 7.15. The molecule has 0 unspecified atom stereocenters. The van der Waals surface area contributed by atoms with Crippen LogP contribution in [-0.2, 0) is 0 Å². The molecule has 0 aliphatic carbocycles. The number of thiophene rings is 1. The van der Waals surface area contributed by atoms with Gasteiger partial charge in [0.1, 0.15) is 5.82 Å². The van der Waals surface area contributed by atoms with Crippen LogP contribution >= 0.6 is 11.3 Å². The molecule has 3 N–H and O–H groups in total. The monoisotopic (exact) mass is 363 g/mol. The summed E-state index contributed by atoms with van der Waals surface area (Å²) in [5.74, 6) is 0.742. The smallest absolute Gasteiger partial charge is 0.212 e. The van der Waals surface area contributed by atoms with Gasteiger partial charge in [-0.15, -0.1) is 11.3 Å². The summed E-state index contributed by atoms with van der Waals surface area (Å²) in [7, 11) is 0. The maximum absolute atomic E-state index is 14.1. The summed E-state index contributed by atoms with van der Waals surface area (Å²) >= 11 is 1.51. The van der Waals surface area contributed by atoms with E-state index in [2.05, 4.69) is 15.3 Å². The van der Waals surface area contributed by atoms with Crippen LogP contribution in [0.25, 0.3) is 21.5 Å². The first-order valence-electron chi connectivity index (χ1n) is 8.12. The zero-order valence-electron chi connectivity index (χ0n) is 13.6. The Bertz CT molecular complexity index is 1160. The lowest BCUT2D eigenvalue weighted by Crippen LogP contribution is -2.31. The second-order valence-corrected chi connectivity index (χ2v) is 7.10. The zero-order chi connectivity index (χ0) is 17.7. The van der Waals surface area contributed by atoms with Gasteiger partial charge in [0.2, 0.25) is 5.95 Å². The Hall–Kier alpha value is -3.19. The number of fused-ring (bicyclic) bond motifs is 3. The molecule has 1 aliphatic rings. The van der Waals surface area contributed by atoms with Crippen LogP contribution in [0, 0.1) is 5.82 Å². The Kier molecular flexibility index (Phi) is 3.29. The van der Waals surface area contributed by atoms with E-state index in [-0.39, 0.29) is 12.0 Å². The number of hydrogen-bond acceptors (Lipinski definition) is 5. The third-order valence-electron chi connectivity index (χ3n) is 4.36. The molecule has 2 aromatic heterocycles. The number of aromatic nitrogens is 2. The van der Waals surface area contributed by atoms with Gasteiger partial charge in [-0.1, -0.05) is 30.3 Å². The number of rotatable bonds is 2. The topological polar surface area (TPSA) is 68.2 Å². The third kappa shape index (κ3) is 2.28. The Morgan fingerprint density at radius 1 is 1.04 bits per heavy atom. The molecule has 0 saturated heterocycles. The van der Waals surface area contributed by atoms with Gasteiger partial charge in [0.25, 0.3) is 0 Å². The average Bonchev–Trinajstić information content (AvgIpc) is 3.26. The van der Waals surface area contributed by atoms with Crippen molar-refractivity contribution < 1.29 is 4.39 Å². The van der Waals surface area contributed by atoms with Crippen LogP contribution in [0.3, 0.4) is 0 Å². The SMILES string of the molecule is NC1=N[C@@H](c2ccc(-c3ccccc3F)s2)n2c(nc3ccccc32)N1. The van der Waals surface area contributed by atoms with Crippen molar-refractivity contribution in [2.45, 2.75) is 6.17 Å². The molecule has 128 valence electrons. The van der Waals surface area contributed by atoms with Gasteiger partial charge in [-0.3, -0.25) is 9.88 Å². The molecule has 0 fully saturated rings. The summed E-state index contributed by atoms with van der Waals surface area (Å²) in [6, 6.07) is 18.5. The van der Waals surface area contributed by atoms with E-state index in [1.807, 2.05) is 47.0 Å². The van der Waals surface area contributed by atoms with Gasteiger partial charge in [-0.05, 0) is 30.3 Å². The van der Waals surface area contributed by atoms with E-state index in [0.717, 1.165) is 20.8 Å². The molecule has 26 heavy (non-hydrogen) atoms. The third-order valence-corrected chi connectivity index (χ3v) is 5.52. The lowest BCUT2D eigenvalue weighted by Gasteiger charge is -2.22. The van der Waals surface area contributed by atoms with Crippen LogP contribution < -0.4 is 11.1 Å². The number of nitrogens with zero attached hydrogens (tertiary/aromatic N) is 3. The summed E-state index contributed by atoms with van der Waals surface area (Å²) in [5.41, 5.74) is 8.40. The largest absolute Gasteiger partial charge is 0.370 e. The quantitative estimate of drug-likeness (QED) is 0.561. The fraction of sp³-hybridized carbons (Fsp3) is 0.0526. The number of benzene rings is 2. The summed E-state index contributed by atoms with van der Waals surface area (Å²) < 4.78 is 16.1. The van der Waals surface area contributed by atoms with Crippen molar-refractivity contribution in [1.82, 2.24) is 9.55 Å². The highest BCUT2D eigenvalue weighted by Crippen LogP contribution is 2.38. The molecule has 0 bridgehead atoms. The Morgan fingerprint density at radius 3 is 2.73 bits per heavy atom. The predicted molar refractivity (Wildman–Crippen MR) is 103 cm³/mol. The van der Waals surface area contributed by atoms with Crippen LogP contribution in [-0.4, -0.2) is 15.5 Å². The van der Waals surface area contributed by atoms with Gasteiger partial charge >= 0.3 is 0 Å². The van der Waals surface area contributed by atoms with Gasteiger partial charge in [0.05, 0.1) is 15.9 Å². The summed E-state index contributed by atoms with van der Waals surface area (Å²) in [4.78, 5) is 11.0. The minimum atomic E-state index is -0.329. The molecule has 0 amide bonds. The number of nitrogens with one attached hydrogen (secondary N) is 1. The van der Waals surface area contributed by atoms with E-state index in [1.54, 1.807) is 12.1 Å². The van der Waals surface area contributed by atoms with Gasteiger partial charge in [-0.25, -0.2) is 14.4 Å². The number of aliphatic imine (C=N–C) groups is 1. The number of halogens is 1. The van der Waals surface area contributed by atoms with Gasteiger partial charge in [0.15, 0.2) is 12.1 Å². The van der Waals surface area contributed by atoms with Gasteiger partial charge in [-0.2, -0.15) is 0 Å². The Morgan fingerprint density at radius 2 is 1.85 bits per heavy atom. The number of hydrogen-bond donors (Lipinski definition) is 2. The summed E-state index contributed by atoms with van der Waals surface area (Å²) in [5, 5.41) is 3.02. The van der Waals surface area contributed by atoms with Gasteiger partial charge in [0, 0.05) is 10.4 Å². The molecular weight excluding hydrogens is 349 g/mol. The first kappa shape index (κ1) is 15.1. The highest BCUT2D eigenvalue weighted by Gasteiger charge is 2.26. The molecule has 4 aromatic rings. The van der Waals surface area contributed by atoms with Crippen molar-refractivity contribution in [3.8, 4) is 10.4 Å². The van der Waals surface area contributed by atoms with E-state index in [4.69, 9.17) is 5.73 Å². The average molecular weight is 363 g/mol. The number of nitrogens with two attached hydrogens (primary N) is 1. The van der Waals surface area contributed by atoms with Crippen LogP contribution in [0.4, 0.5) is 10.3 Å². The lowest BCUT2D eigenvalue weighted by molar-refractivity contribution is 0.631. The van der Waals surface area contributed by atoms with Crippen molar-refractivity contribution in [3.05, 3.63) is 71.4 Å². The fourth-order valence-electron chi connectivity index (χ4n) is 3.20. The first-order valence-corrected chi connectivity index (χ1v) is 8.94. The van der Waals surface area contributed by atoms with Crippen LogP contribution in [0.1, 0.15) is 11.0 Å². The van der Waals surface area contributed by atoms with Crippen LogP contribution in [0.15, 0.2) is 65.7 Å². The fourth-order valence-corrected chi connectivity index (χ4v) is 4.27. The van der Waals surface area contributed by atoms with Crippen LogP contribution in [0.5, 0.6) is 0 Å². The normalized spacial score (nSPS) is 16.2. The predicted octanol–water partition coefficient (Wildman–Crippen LogP) is 4.19. The van der Waals surface area contributed by atoms with Gasteiger partial charge < -0.3 is 5.73 Å². The van der Waals surface area contributed by atoms with Crippen molar-refractivity contribution in [1.29, 1.82) is 0 Å². The second-order valence-electron chi connectivity index (χ2n) is 5.99. The van der Waals surface area contributed by atoms with Crippen molar-refractivity contribution in [2.75, 3.05) is 5.32 Å². The minimum absolute atomic E-state index is 0.233. The highest BCUT2D eigenvalue weighted by atomic mass is 32.1. The second kappa shape index (κ2) is 5.67. The zero-order valence-corrected chi connectivity index (χ0v) is 14.4. The minimum Gasteiger partial charge on any atom is -0.370 e. The lowest BCUT2D eigenvalue weighted by atomic mass is 10.2. The van der Waals surface area contributed by atoms with E-state index >= 15 is 0 Å². The molecule has 2 aromatic carbocycles.